The fourth-order valence-corrected chi connectivity index (χ4v) is 2.77. The van der Waals surface area contributed by atoms with Crippen molar-refractivity contribution in [3.63, 3.8) is 0 Å². The SMILES string of the molecule is CC1(C)CCc2cnn(-c3ccc(C#N)c(F)c3)c21. The van der Waals surface area contributed by atoms with Gasteiger partial charge in [-0.1, -0.05) is 13.8 Å². The molecule has 3 rings (SSSR count). The molecule has 0 bridgehead atoms. The lowest BCUT2D eigenvalue weighted by Gasteiger charge is -2.20. The molecule has 1 aromatic heterocycles. The van der Waals surface area contributed by atoms with Gasteiger partial charge in [0.1, 0.15) is 11.9 Å². The second kappa shape index (κ2) is 3.92. The summed E-state index contributed by atoms with van der Waals surface area (Å²) in [6.45, 7) is 4.36. The molecule has 0 amide bonds. The molecule has 19 heavy (non-hydrogen) atoms. The van der Waals surface area contributed by atoms with E-state index in [-0.39, 0.29) is 11.0 Å². The number of nitriles is 1. The van der Waals surface area contributed by atoms with Crippen LogP contribution in [0.5, 0.6) is 0 Å². The van der Waals surface area contributed by atoms with E-state index in [2.05, 4.69) is 18.9 Å². The predicted molar refractivity (Wildman–Crippen MR) is 69.6 cm³/mol. The van der Waals surface area contributed by atoms with Crippen molar-refractivity contribution in [1.82, 2.24) is 9.78 Å². The molecule has 1 aliphatic carbocycles. The highest BCUT2D eigenvalue weighted by Crippen LogP contribution is 2.39. The molecule has 96 valence electrons. The number of aryl methyl sites for hydroxylation is 1. The van der Waals surface area contributed by atoms with Crippen molar-refractivity contribution >= 4 is 0 Å². The molecule has 0 atom stereocenters. The molecule has 1 aromatic carbocycles. The van der Waals surface area contributed by atoms with Crippen LogP contribution in [0.4, 0.5) is 4.39 Å². The summed E-state index contributed by atoms with van der Waals surface area (Å²) in [6.07, 6.45) is 3.96. The Labute approximate surface area is 111 Å². The summed E-state index contributed by atoms with van der Waals surface area (Å²) in [4.78, 5) is 0. The Bertz CT molecular complexity index is 692. The van der Waals surface area contributed by atoms with Crippen molar-refractivity contribution in [3.05, 3.63) is 47.0 Å². The van der Waals surface area contributed by atoms with Gasteiger partial charge < -0.3 is 0 Å². The third-order valence-electron chi connectivity index (χ3n) is 3.82. The second-order valence-corrected chi connectivity index (χ2v) is 5.59. The summed E-state index contributed by atoms with van der Waals surface area (Å²) in [5, 5.41) is 13.1. The molecule has 4 heteroatoms. The highest BCUT2D eigenvalue weighted by molar-refractivity contribution is 5.44. The monoisotopic (exact) mass is 255 g/mol. The normalized spacial score (nSPS) is 16.1. The molecule has 0 N–H and O–H groups in total. The molecular weight excluding hydrogens is 241 g/mol. The van der Waals surface area contributed by atoms with Crippen LogP contribution in [0, 0.1) is 17.1 Å². The number of aromatic nitrogens is 2. The lowest BCUT2D eigenvalue weighted by atomic mass is 9.90. The van der Waals surface area contributed by atoms with Gasteiger partial charge in [-0.15, -0.1) is 0 Å². The van der Waals surface area contributed by atoms with E-state index in [1.165, 1.54) is 17.7 Å². The zero-order valence-electron chi connectivity index (χ0n) is 10.9. The van der Waals surface area contributed by atoms with E-state index in [1.54, 1.807) is 10.7 Å². The van der Waals surface area contributed by atoms with Gasteiger partial charge in [-0.3, -0.25) is 0 Å². The van der Waals surface area contributed by atoms with Gasteiger partial charge >= 0.3 is 0 Å². The summed E-state index contributed by atoms with van der Waals surface area (Å²) >= 11 is 0. The van der Waals surface area contributed by atoms with Crippen molar-refractivity contribution in [2.75, 3.05) is 0 Å². The van der Waals surface area contributed by atoms with E-state index < -0.39 is 5.82 Å². The lowest BCUT2D eigenvalue weighted by Crippen LogP contribution is -2.18. The van der Waals surface area contributed by atoms with Gasteiger partial charge in [-0.25, -0.2) is 9.07 Å². The Morgan fingerprint density at radius 3 is 2.89 bits per heavy atom. The molecule has 0 saturated heterocycles. The molecule has 0 aliphatic heterocycles. The maximum atomic E-state index is 13.7. The molecule has 0 saturated carbocycles. The number of benzene rings is 1. The first-order valence-corrected chi connectivity index (χ1v) is 6.30. The minimum Gasteiger partial charge on any atom is -0.237 e. The Balaban J connectivity index is 2.15. The highest BCUT2D eigenvalue weighted by atomic mass is 19.1. The summed E-state index contributed by atoms with van der Waals surface area (Å²) in [5.41, 5.74) is 3.17. The van der Waals surface area contributed by atoms with Crippen molar-refractivity contribution in [2.24, 2.45) is 0 Å². The van der Waals surface area contributed by atoms with Crippen molar-refractivity contribution in [1.29, 1.82) is 5.26 Å². The largest absolute Gasteiger partial charge is 0.237 e. The van der Waals surface area contributed by atoms with Crippen LogP contribution in [0.2, 0.25) is 0 Å². The molecular formula is C15H14FN3. The van der Waals surface area contributed by atoms with Crippen LogP contribution in [0.25, 0.3) is 5.69 Å². The van der Waals surface area contributed by atoms with Crippen LogP contribution in [-0.4, -0.2) is 9.78 Å². The first-order chi connectivity index (χ1) is 9.03. The molecule has 2 aromatic rings. The van der Waals surface area contributed by atoms with Gasteiger partial charge in [0, 0.05) is 11.5 Å². The third-order valence-corrected chi connectivity index (χ3v) is 3.82. The minimum atomic E-state index is -0.500. The van der Waals surface area contributed by atoms with E-state index in [0.29, 0.717) is 5.69 Å². The third kappa shape index (κ3) is 1.74. The van der Waals surface area contributed by atoms with Crippen molar-refractivity contribution in [2.45, 2.75) is 32.1 Å². The number of hydrogen-bond donors (Lipinski definition) is 0. The van der Waals surface area contributed by atoms with E-state index in [1.807, 2.05) is 12.3 Å². The highest BCUT2D eigenvalue weighted by Gasteiger charge is 2.34. The number of fused-ring (bicyclic) bond motifs is 1. The Morgan fingerprint density at radius 2 is 2.21 bits per heavy atom. The van der Waals surface area contributed by atoms with E-state index in [0.717, 1.165) is 18.5 Å². The zero-order valence-corrected chi connectivity index (χ0v) is 10.9. The average Bonchev–Trinajstić information content (AvgIpc) is 2.92. The van der Waals surface area contributed by atoms with Gasteiger partial charge in [0.05, 0.1) is 23.1 Å². The molecule has 1 aliphatic rings. The van der Waals surface area contributed by atoms with Crippen LogP contribution in [-0.2, 0) is 11.8 Å². The minimum absolute atomic E-state index is 0.0518. The number of halogens is 1. The van der Waals surface area contributed by atoms with E-state index >= 15 is 0 Å². The van der Waals surface area contributed by atoms with Crippen molar-refractivity contribution in [3.8, 4) is 11.8 Å². The number of hydrogen-bond acceptors (Lipinski definition) is 2. The van der Waals surface area contributed by atoms with E-state index in [9.17, 15) is 4.39 Å². The van der Waals surface area contributed by atoms with Crippen LogP contribution in [0.1, 0.15) is 37.1 Å². The van der Waals surface area contributed by atoms with Gasteiger partial charge in [-0.2, -0.15) is 10.4 Å². The molecule has 0 unspecified atom stereocenters. The smallest absolute Gasteiger partial charge is 0.143 e. The Kier molecular flexibility index (Phi) is 2.46. The average molecular weight is 255 g/mol. The van der Waals surface area contributed by atoms with Gasteiger partial charge in [0.15, 0.2) is 0 Å². The molecule has 0 spiro atoms. The number of nitrogens with zero attached hydrogens (tertiary/aromatic N) is 3. The predicted octanol–water partition coefficient (Wildman–Crippen LogP) is 3.11. The van der Waals surface area contributed by atoms with Gasteiger partial charge in [0.25, 0.3) is 0 Å². The summed E-state index contributed by atoms with van der Waals surface area (Å²) in [6, 6.07) is 6.45. The van der Waals surface area contributed by atoms with Crippen LogP contribution < -0.4 is 0 Å². The first kappa shape index (κ1) is 11.9. The summed E-state index contributed by atoms with van der Waals surface area (Å²) < 4.78 is 15.5. The molecule has 3 nitrogen and oxygen atoms in total. The fraction of sp³-hybridized carbons (Fsp3) is 0.333. The summed E-state index contributed by atoms with van der Waals surface area (Å²) in [5.74, 6) is -0.500. The molecule has 0 radical (unpaired) electrons. The molecule has 0 fully saturated rings. The Morgan fingerprint density at radius 1 is 1.42 bits per heavy atom. The van der Waals surface area contributed by atoms with Crippen LogP contribution in [0.15, 0.2) is 24.4 Å². The molecule has 1 heterocycles. The Hall–Kier alpha value is -2.15. The first-order valence-electron chi connectivity index (χ1n) is 6.30. The quantitative estimate of drug-likeness (QED) is 0.785. The topological polar surface area (TPSA) is 41.6 Å². The van der Waals surface area contributed by atoms with Crippen LogP contribution in [0.3, 0.4) is 0 Å². The zero-order chi connectivity index (χ0) is 13.6. The number of rotatable bonds is 1. The maximum Gasteiger partial charge on any atom is 0.143 e. The van der Waals surface area contributed by atoms with Gasteiger partial charge in [0.2, 0.25) is 0 Å². The maximum absolute atomic E-state index is 13.7. The fourth-order valence-electron chi connectivity index (χ4n) is 2.77. The van der Waals surface area contributed by atoms with Crippen LogP contribution >= 0.6 is 0 Å². The lowest BCUT2D eigenvalue weighted by molar-refractivity contribution is 0.488. The summed E-state index contributed by atoms with van der Waals surface area (Å²) in [7, 11) is 0. The van der Waals surface area contributed by atoms with E-state index in [4.69, 9.17) is 5.26 Å². The van der Waals surface area contributed by atoms with Gasteiger partial charge in [-0.05, 0) is 30.5 Å². The van der Waals surface area contributed by atoms with Crippen molar-refractivity contribution < 1.29 is 4.39 Å². The second-order valence-electron chi connectivity index (χ2n) is 5.59. The standard InChI is InChI=1S/C15H14FN3/c1-15(2)6-5-11-9-18-19(14(11)15)12-4-3-10(8-17)13(16)7-12/h3-4,7,9H,5-6H2,1-2H3.